The first kappa shape index (κ1) is 19.2. The molecule has 0 saturated heterocycles. The van der Waals surface area contributed by atoms with Crippen molar-refractivity contribution in [1.82, 2.24) is 4.90 Å². The van der Waals surface area contributed by atoms with E-state index in [1.807, 2.05) is 6.07 Å². The first-order chi connectivity index (χ1) is 13.9. The van der Waals surface area contributed by atoms with E-state index in [9.17, 15) is 13.6 Å². The van der Waals surface area contributed by atoms with Crippen LogP contribution in [0.1, 0.15) is 24.0 Å². The lowest BCUT2D eigenvalue weighted by molar-refractivity contribution is -0.129. The SMILES string of the molecule is CN1C(=O)[C@](c2ccc(OC(F)F)cc2)(c2cccc(OCC3CC3)c2)N=C1N. The van der Waals surface area contributed by atoms with Gasteiger partial charge in [-0.1, -0.05) is 24.3 Å². The second-order valence-corrected chi connectivity index (χ2v) is 7.23. The summed E-state index contributed by atoms with van der Waals surface area (Å²) in [6.45, 7) is -2.29. The molecular formula is C21H21F2N3O3. The maximum Gasteiger partial charge on any atom is 0.387 e. The molecule has 0 radical (unpaired) electrons. The van der Waals surface area contributed by atoms with E-state index in [0.29, 0.717) is 29.4 Å². The Morgan fingerprint density at radius 1 is 1.17 bits per heavy atom. The molecule has 2 aliphatic rings. The minimum Gasteiger partial charge on any atom is -0.493 e. The van der Waals surface area contributed by atoms with E-state index in [4.69, 9.17) is 10.5 Å². The highest BCUT2D eigenvalue weighted by atomic mass is 19.3. The zero-order chi connectivity index (χ0) is 20.6. The molecule has 1 saturated carbocycles. The van der Waals surface area contributed by atoms with Gasteiger partial charge in [-0.3, -0.25) is 9.69 Å². The van der Waals surface area contributed by atoms with Crippen molar-refractivity contribution in [2.45, 2.75) is 25.0 Å². The number of guanidine groups is 1. The highest BCUT2D eigenvalue weighted by molar-refractivity contribution is 6.08. The minimum atomic E-state index is -2.93. The molecule has 1 amide bonds. The highest BCUT2D eigenvalue weighted by Gasteiger charge is 2.49. The monoisotopic (exact) mass is 401 g/mol. The molecule has 29 heavy (non-hydrogen) atoms. The van der Waals surface area contributed by atoms with E-state index < -0.39 is 12.2 Å². The minimum absolute atomic E-state index is 0.00355. The van der Waals surface area contributed by atoms with Gasteiger partial charge in [0.05, 0.1) is 6.61 Å². The molecule has 0 unspecified atom stereocenters. The Labute approximate surface area is 166 Å². The Bertz CT molecular complexity index is 944. The third-order valence-electron chi connectivity index (χ3n) is 5.17. The van der Waals surface area contributed by atoms with Crippen LogP contribution in [0.3, 0.4) is 0 Å². The number of likely N-dealkylation sites (N-methyl/N-ethyl adjacent to an activating group) is 1. The number of halogens is 2. The zero-order valence-electron chi connectivity index (χ0n) is 15.8. The first-order valence-corrected chi connectivity index (χ1v) is 9.32. The molecule has 2 N–H and O–H groups in total. The van der Waals surface area contributed by atoms with Crippen LogP contribution in [0.4, 0.5) is 8.78 Å². The van der Waals surface area contributed by atoms with Crippen LogP contribution < -0.4 is 15.2 Å². The van der Waals surface area contributed by atoms with E-state index in [1.54, 1.807) is 37.4 Å². The Kier molecular flexibility index (Phi) is 4.86. The number of nitrogens with zero attached hydrogens (tertiary/aromatic N) is 2. The maximum atomic E-state index is 13.2. The van der Waals surface area contributed by atoms with Gasteiger partial charge in [-0.15, -0.1) is 0 Å². The van der Waals surface area contributed by atoms with Crippen LogP contribution in [0, 0.1) is 5.92 Å². The van der Waals surface area contributed by atoms with E-state index >= 15 is 0 Å². The summed E-state index contributed by atoms with van der Waals surface area (Å²) in [6.07, 6.45) is 2.33. The van der Waals surface area contributed by atoms with Gasteiger partial charge >= 0.3 is 6.61 Å². The topological polar surface area (TPSA) is 77.2 Å². The quantitative estimate of drug-likeness (QED) is 0.774. The van der Waals surface area contributed by atoms with Crippen LogP contribution >= 0.6 is 0 Å². The summed E-state index contributed by atoms with van der Waals surface area (Å²) in [6, 6.07) is 13.0. The fourth-order valence-corrected chi connectivity index (χ4v) is 3.37. The molecular weight excluding hydrogens is 380 g/mol. The fourth-order valence-electron chi connectivity index (χ4n) is 3.37. The summed E-state index contributed by atoms with van der Waals surface area (Å²) in [5, 5.41) is 0. The van der Waals surface area contributed by atoms with Crippen molar-refractivity contribution < 1.29 is 23.0 Å². The van der Waals surface area contributed by atoms with E-state index in [2.05, 4.69) is 9.73 Å². The lowest BCUT2D eigenvalue weighted by Gasteiger charge is -2.26. The van der Waals surface area contributed by atoms with Gasteiger partial charge in [0.15, 0.2) is 11.5 Å². The average molecular weight is 401 g/mol. The van der Waals surface area contributed by atoms with Gasteiger partial charge in [-0.05, 0) is 54.2 Å². The number of amides is 1. The molecule has 0 bridgehead atoms. The summed E-state index contributed by atoms with van der Waals surface area (Å²) in [4.78, 5) is 19.0. The molecule has 8 heteroatoms. The third kappa shape index (κ3) is 3.62. The Morgan fingerprint density at radius 2 is 1.90 bits per heavy atom. The number of alkyl halides is 2. The van der Waals surface area contributed by atoms with Crippen LogP contribution in [0.15, 0.2) is 53.5 Å². The van der Waals surface area contributed by atoms with E-state index in [1.165, 1.54) is 29.9 Å². The van der Waals surface area contributed by atoms with E-state index in [0.717, 1.165) is 0 Å². The van der Waals surface area contributed by atoms with Crippen LogP contribution in [0.25, 0.3) is 0 Å². The Balaban J connectivity index is 1.74. The predicted molar refractivity (Wildman–Crippen MR) is 103 cm³/mol. The lowest BCUT2D eigenvalue weighted by atomic mass is 9.82. The maximum absolute atomic E-state index is 13.2. The van der Waals surface area contributed by atoms with Crippen LogP contribution in [-0.4, -0.2) is 37.0 Å². The van der Waals surface area contributed by atoms with Crippen LogP contribution in [-0.2, 0) is 10.3 Å². The molecule has 0 spiro atoms. The van der Waals surface area contributed by atoms with Crippen molar-refractivity contribution in [2.75, 3.05) is 13.7 Å². The van der Waals surface area contributed by atoms with Crippen molar-refractivity contribution in [2.24, 2.45) is 16.6 Å². The van der Waals surface area contributed by atoms with Crippen molar-refractivity contribution >= 4 is 11.9 Å². The number of benzene rings is 2. The number of nitrogens with two attached hydrogens (primary N) is 1. The van der Waals surface area contributed by atoms with Crippen molar-refractivity contribution in [3.8, 4) is 11.5 Å². The number of ether oxygens (including phenoxy) is 2. The summed E-state index contributed by atoms with van der Waals surface area (Å²) in [7, 11) is 1.55. The van der Waals surface area contributed by atoms with Crippen LogP contribution in [0.5, 0.6) is 11.5 Å². The predicted octanol–water partition coefficient (Wildman–Crippen LogP) is 3.11. The van der Waals surface area contributed by atoms with E-state index in [-0.39, 0.29) is 17.6 Å². The molecule has 1 atom stereocenters. The Hall–Kier alpha value is -3.16. The third-order valence-corrected chi connectivity index (χ3v) is 5.17. The van der Waals surface area contributed by atoms with Crippen LogP contribution in [0.2, 0.25) is 0 Å². The lowest BCUT2D eigenvalue weighted by Crippen LogP contribution is -2.41. The number of rotatable bonds is 7. The molecule has 2 aromatic rings. The summed E-state index contributed by atoms with van der Waals surface area (Å²) in [5.41, 5.74) is 5.63. The first-order valence-electron chi connectivity index (χ1n) is 9.32. The van der Waals surface area contributed by atoms with Gasteiger partial charge in [-0.2, -0.15) is 8.78 Å². The number of carbonyl (C=O) groups excluding carboxylic acids is 1. The largest absolute Gasteiger partial charge is 0.493 e. The molecule has 1 heterocycles. The van der Waals surface area contributed by atoms with Gasteiger partial charge in [0, 0.05) is 7.05 Å². The van der Waals surface area contributed by atoms with Crippen molar-refractivity contribution in [3.05, 3.63) is 59.7 Å². The average Bonchev–Trinajstić information content (AvgIpc) is 3.51. The molecule has 152 valence electrons. The summed E-state index contributed by atoms with van der Waals surface area (Å²) in [5.74, 6) is 0.964. The summed E-state index contributed by atoms with van der Waals surface area (Å²) < 4.78 is 35.2. The van der Waals surface area contributed by atoms with Crippen molar-refractivity contribution in [3.63, 3.8) is 0 Å². The fraction of sp³-hybridized carbons (Fsp3) is 0.333. The molecule has 1 aliphatic heterocycles. The smallest absolute Gasteiger partial charge is 0.387 e. The normalized spacial score (nSPS) is 21.4. The second kappa shape index (κ2) is 7.35. The molecule has 1 fully saturated rings. The number of hydrogen-bond donors (Lipinski definition) is 1. The van der Waals surface area contributed by atoms with Gasteiger partial charge in [0.25, 0.3) is 5.91 Å². The standard InChI is InChI=1S/C21H21F2N3O3/c1-26-18(27)21(25-20(26)24,14-7-9-16(10-8-14)29-19(22)23)15-3-2-4-17(11-15)28-12-13-5-6-13/h2-4,7-11,13,19H,5-6,12H2,1H3,(H2,24,25)/t21-/m0/s1. The van der Waals surface area contributed by atoms with Gasteiger partial charge < -0.3 is 15.2 Å². The molecule has 6 nitrogen and oxygen atoms in total. The molecule has 1 aliphatic carbocycles. The van der Waals surface area contributed by atoms with Gasteiger partial charge in [-0.25, -0.2) is 4.99 Å². The van der Waals surface area contributed by atoms with Crippen molar-refractivity contribution in [1.29, 1.82) is 0 Å². The second-order valence-electron chi connectivity index (χ2n) is 7.23. The highest BCUT2D eigenvalue weighted by Crippen LogP contribution is 2.41. The zero-order valence-corrected chi connectivity index (χ0v) is 15.8. The molecule has 2 aromatic carbocycles. The number of carbonyl (C=O) groups is 1. The summed E-state index contributed by atoms with van der Waals surface area (Å²) >= 11 is 0. The molecule has 4 rings (SSSR count). The number of hydrogen-bond acceptors (Lipinski definition) is 5. The Morgan fingerprint density at radius 3 is 2.48 bits per heavy atom. The van der Waals surface area contributed by atoms with Gasteiger partial charge in [0.2, 0.25) is 0 Å². The molecule has 0 aromatic heterocycles. The van der Waals surface area contributed by atoms with Gasteiger partial charge in [0.1, 0.15) is 11.5 Å². The number of aliphatic imine (C=N–C) groups is 1.